The number of carbonyl (C=O) groups excluding carboxylic acids is 1. The first kappa shape index (κ1) is 18.1. The van der Waals surface area contributed by atoms with E-state index in [1.807, 2.05) is 25.1 Å². The van der Waals surface area contributed by atoms with Crippen LogP contribution in [0.5, 0.6) is 11.5 Å². The van der Waals surface area contributed by atoms with Crippen molar-refractivity contribution >= 4 is 12.0 Å². The number of amides is 1. The van der Waals surface area contributed by atoms with E-state index in [9.17, 15) is 4.79 Å². The first-order chi connectivity index (χ1) is 12.3. The maximum absolute atomic E-state index is 12.2. The Balaban J connectivity index is 1.60. The lowest BCUT2D eigenvalue weighted by Gasteiger charge is -2.20. The number of carbonyl (C=O) groups is 1. The summed E-state index contributed by atoms with van der Waals surface area (Å²) in [5.74, 6) is 1.31. The van der Waals surface area contributed by atoms with Gasteiger partial charge in [-0.3, -0.25) is 4.79 Å². The quantitative estimate of drug-likeness (QED) is 0.819. The van der Waals surface area contributed by atoms with E-state index in [1.165, 1.54) is 11.6 Å². The van der Waals surface area contributed by atoms with Crippen LogP contribution in [-0.2, 0) is 10.2 Å². The minimum Gasteiger partial charge on any atom is -0.454 e. The highest BCUT2D eigenvalue weighted by Crippen LogP contribution is 2.32. The van der Waals surface area contributed by atoms with Crippen LogP contribution >= 0.6 is 0 Å². The molecule has 0 bridgehead atoms. The Morgan fingerprint density at radius 3 is 2.46 bits per heavy atom. The molecule has 2 aromatic rings. The molecule has 1 amide bonds. The van der Waals surface area contributed by atoms with Crippen molar-refractivity contribution in [2.75, 3.05) is 6.79 Å². The Kier molecular flexibility index (Phi) is 5.03. The number of hydrogen-bond donors (Lipinski definition) is 1. The van der Waals surface area contributed by atoms with Crippen molar-refractivity contribution in [3.05, 3.63) is 65.2 Å². The Hall–Kier alpha value is -2.75. The number of nitrogens with one attached hydrogen (secondary N) is 1. The minimum absolute atomic E-state index is 0.0575. The molecule has 1 aliphatic rings. The summed E-state index contributed by atoms with van der Waals surface area (Å²) in [5.41, 5.74) is 3.38. The van der Waals surface area contributed by atoms with Crippen LogP contribution in [0.2, 0.25) is 0 Å². The summed E-state index contributed by atoms with van der Waals surface area (Å²) >= 11 is 0. The number of rotatable bonds is 4. The molecule has 4 nitrogen and oxygen atoms in total. The molecule has 0 aromatic heterocycles. The molecular formula is C22H25NO3. The van der Waals surface area contributed by atoms with Gasteiger partial charge in [-0.25, -0.2) is 0 Å². The van der Waals surface area contributed by atoms with E-state index in [1.54, 1.807) is 6.08 Å². The van der Waals surface area contributed by atoms with Crippen molar-refractivity contribution in [3.63, 3.8) is 0 Å². The van der Waals surface area contributed by atoms with Crippen molar-refractivity contribution in [3.8, 4) is 11.5 Å². The van der Waals surface area contributed by atoms with Gasteiger partial charge in [-0.05, 0) is 47.2 Å². The Labute approximate surface area is 154 Å². The third kappa shape index (κ3) is 4.26. The summed E-state index contributed by atoms with van der Waals surface area (Å²) in [6.45, 7) is 8.79. The zero-order chi connectivity index (χ0) is 18.7. The van der Waals surface area contributed by atoms with Gasteiger partial charge in [-0.2, -0.15) is 0 Å². The van der Waals surface area contributed by atoms with Crippen molar-refractivity contribution in [2.45, 2.75) is 39.2 Å². The molecule has 0 saturated carbocycles. The van der Waals surface area contributed by atoms with Gasteiger partial charge in [-0.15, -0.1) is 0 Å². The Morgan fingerprint density at radius 1 is 1.08 bits per heavy atom. The molecule has 26 heavy (non-hydrogen) atoms. The second-order valence-electron chi connectivity index (χ2n) is 7.55. The van der Waals surface area contributed by atoms with Gasteiger partial charge in [-0.1, -0.05) is 51.1 Å². The van der Waals surface area contributed by atoms with Crippen LogP contribution in [0, 0.1) is 0 Å². The lowest BCUT2D eigenvalue weighted by atomic mass is 9.86. The van der Waals surface area contributed by atoms with Gasteiger partial charge in [0.1, 0.15) is 0 Å². The fourth-order valence-corrected chi connectivity index (χ4v) is 2.81. The molecule has 0 unspecified atom stereocenters. The Bertz CT molecular complexity index is 816. The van der Waals surface area contributed by atoms with E-state index < -0.39 is 0 Å². The molecular weight excluding hydrogens is 326 g/mol. The van der Waals surface area contributed by atoms with Gasteiger partial charge in [0.25, 0.3) is 0 Å². The van der Waals surface area contributed by atoms with Crippen molar-refractivity contribution < 1.29 is 14.3 Å². The van der Waals surface area contributed by atoms with Crippen LogP contribution in [0.4, 0.5) is 0 Å². The first-order valence-electron chi connectivity index (χ1n) is 8.81. The van der Waals surface area contributed by atoms with Crippen LogP contribution in [0.25, 0.3) is 6.08 Å². The van der Waals surface area contributed by atoms with Gasteiger partial charge in [0.15, 0.2) is 11.5 Å². The predicted octanol–water partition coefficient (Wildman–Crippen LogP) is 4.60. The SMILES string of the molecule is C[C@H](NC(=O)/C=C/c1ccc2c(c1)OCO2)c1ccc(C(C)(C)C)cc1. The second-order valence-corrected chi connectivity index (χ2v) is 7.55. The molecule has 0 fully saturated rings. The van der Waals surface area contributed by atoms with Crippen LogP contribution in [0.15, 0.2) is 48.5 Å². The van der Waals surface area contributed by atoms with Gasteiger partial charge in [0, 0.05) is 6.08 Å². The topological polar surface area (TPSA) is 47.6 Å². The monoisotopic (exact) mass is 351 g/mol. The molecule has 0 spiro atoms. The van der Waals surface area contributed by atoms with E-state index in [-0.39, 0.29) is 24.2 Å². The van der Waals surface area contributed by atoms with E-state index >= 15 is 0 Å². The number of ether oxygens (including phenoxy) is 2. The fourth-order valence-electron chi connectivity index (χ4n) is 2.81. The third-order valence-corrected chi connectivity index (χ3v) is 4.46. The average molecular weight is 351 g/mol. The molecule has 136 valence electrons. The predicted molar refractivity (Wildman–Crippen MR) is 103 cm³/mol. The maximum Gasteiger partial charge on any atom is 0.244 e. The molecule has 4 heteroatoms. The van der Waals surface area contributed by atoms with Gasteiger partial charge in [0.2, 0.25) is 12.7 Å². The van der Waals surface area contributed by atoms with Gasteiger partial charge >= 0.3 is 0 Å². The highest BCUT2D eigenvalue weighted by molar-refractivity contribution is 5.92. The Morgan fingerprint density at radius 2 is 1.77 bits per heavy atom. The third-order valence-electron chi connectivity index (χ3n) is 4.46. The zero-order valence-electron chi connectivity index (χ0n) is 15.7. The highest BCUT2D eigenvalue weighted by Gasteiger charge is 2.15. The summed E-state index contributed by atoms with van der Waals surface area (Å²) in [6, 6.07) is 13.9. The van der Waals surface area contributed by atoms with Crippen molar-refractivity contribution in [2.24, 2.45) is 0 Å². The molecule has 1 N–H and O–H groups in total. The van der Waals surface area contributed by atoms with Crippen molar-refractivity contribution in [1.82, 2.24) is 5.32 Å². The summed E-state index contributed by atoms with van der Waals surface area (Å²) < 4.78 is 10.6. The zero-order valence-corrected chi connectivity index (χ0v) is 15.7. The molecule has 1 aliphatic heterocycles. The summed E-state index contributed by atoms with van der Waals surface area (Å²) in [7, 11) is 0. The standard InChI is InChI=1S/C22H25NO3/c1-15(17-7-9-18(10-8-17)22(2,3)4)23-21(24)12-6-16-5-11-19-20(13-16)26-14-25-19/h5-13,15H,14H2,1-4H3,(H,23,24)/b12-6+/t15-/m0/s1. The first-order valence-corrected chi connectivity index (χ1v) is 8.81. The van der Waals surface area contributed by atoms with E-state index in [2.05, 4.69) is 50.4 Å². The van der Waals surface area contributed by atoms with Crippen molar-refractivity contribution in [1.29, 1.82) is 0 Å². The smallest absolute Gasteiger partial charge is 0.244 e. The summed E-state index contributed by atoms with van der Waals surface area (Å²) in [6.07, 6.45) is 3.31. The van der Waals surface area contributed by atoms with Crippen LogP contribution in [0.3, 0.4) is 0 Å². The lowest BCUT2D eigenvalue weighted by molar-refractivity contribution is -0.117. The number of benzene rings is 2. The van der Waals surface area contributed by atoms with Crippen LogP contribution < -0.4 is 14.8 Å². The van der Waals surface area contributed by atoms with E-state index in [0.717, 1.165) is 16.9 Å². The van der Waals surface area contributed by atoms with E-state index in [0.29, 0.717) is 5.75 Å². The van der Waals surface area contributed by atoms with Gasteiger partial charge < -0.3 is 14.8 Å². The molecule has 3 rings (SSSR count). The average Bonchev–Trinajstić information content (AvgIpc) is 3.07. The molecule has 2 aromatic carbocycles. The minimum atomic E-state index is -0.130. The second kappa shape index (κ2) is 7.24. The summed E-state index contributed by atoms with van der Waals surface area (Å²) in [4.78, 5) is 12.2. The highest BCUT2D eigenvalue weighted by atomic mass is 16.7. The van der Waals surface area contributed by atoms with E-state index in [4.69, 9.17) is 9.47 Å². The molecule has 0 radical (unpaired) electrons. The fraction of sp³-hybridized carbons (Fsp3) is 0.318. The largest absolute Gasteiger partial charge is 0.454 e. The van der Waals surface area contributed by atoms with Gasteiger partial charge in [0.05, 0.1) is 6.04 Å². The molecule has 0 aliphatic carbocycles. The normalized spacial score (nSPS) is 14.5. The molecule has 1 heterocycles. The number of hydrogen-bond acceptors (Lipinski definition) is 3. The molecule has 0 saturated heterocycles. The number of fused-ring (bicyclic) bond motifs is 1. The van der Waals surface area contributed by atoms with Crippen LogP contribution in [-0.4, -0.2) is 12.7 Å². The summed E-state index contributed by atoms with van der Waals surface area (Å²) in [5, 5.41) is 3.00. The maximum atomic E-state index is 12.2. The lowest BCUT2D eigenvalue weighted by Crippen LogP contribution is -2.24. The molecule has 1 atom stereocenters. The van der Waals surface area contributed by atoms with Crippen LogP contribution in [0.1, 0.15) is 50.4 Å².